The lowest BCUT2D eigenvalue weighted by Crippen LogP contribution is -2.35. The molecule has 17 heavy (non-hydrogen) atoms. The molecule has 1 aromatic rings. The molecule has 1 heteroatoms. The third-order valence-corrected chi connectivity index (χ3v) is 5.24. The fraction of sp³-hybridized carbons (Fsp3) is 0.625. The van der Waals surface area contributed by atoms with Crippen molar-refractivity contribution in [3.05, 3.63) is 35.4 Å². The molecule has 1 aromatic carbocycles. The van der Waals surface area contributed by atoms with E-state index in [1.54, 1.807) is 11.1 Å². The Bertz CT molecular complexity index is 388. The van der Waals surface area contributed by atoms with E-state index in [9.17, 15) is 0 Å². The Kier molecular flexibility index (Phi) is 2.29. The van der Waals surface area contributed by atoms with Crippen LogP contribution in [0.25, 0.3) is 0 Å². The van der Waals surface area contributed by atoms with Gasteiger partial charge in [0.1, 0.15) is 0 Å². The van der Waals surface area contributed by atoms with Crippen molar-refractivity contribution in [1.82, 2.24) is 4.90 Å². The van der Waals surface area contributed by atoms with E-state index in [4.69, 9.17) is 0 Å². The zero-order valence-electron chi connectivity index (χ0n) is 10.4. The highest BCUT2D eigenvalue weighted by molar-refractivity contribution is 5.30. The van der Waals surface area contributed by atoms with Crippen molar-refractivity contribution < 1.29 is 0 Å². The summed E-state index contributed by atoms with van der Waals surface area (Å²) in [6.07, 6.45) is 7.52. The Labute approximate surface area is 104 Å². The number of benzene rings is 1. The molecule has 2 fully saturated rings. The fourth-order valence-electron chi connectivity index (χ4n) is 4.39. The van der Waals surface area contributed by atoms with Crippen molar-refractivity contribution in [2.45, 2.75) is 51.2 Å². The minimum Gasteiger partial charge on any atom is -0.292 e. The molecule has 0 aromatic heterocycles. The molecule has 2 saturated carbocycles. The molecule has 3 aliphatic rings. The molecule has 0 saturated heterocycles. The first-order valence-corrected chi connectivity index (χ1v) is 7.19. The van der Waals surface area contributed by atoms with Gasteiger partial charge in [0.15, 0.2) is 0 Å². The van der Waals surface area contributed by atoms with Crippen molar-refractivity contribution in [3.63, 3.8) is 0 Å². The van der Waals surface area contributed by atoms with E-state index < -0.39 is 0 Å². The van der Waals surface area contributed by atoms with Gasteiger partial charge in [-0.3, -0.25) is 4.90 Å². The van der Waals surface area contributed by atoms with Gasteiger partial charge in [0.2, 0.25) is 0 Å². The van der Waals surface area contributed by atoms with Crippen molar-refractivity contribution in [1.29, 1.82) is 0 Å². The molecule has 1 aliphatic heterocycles. The van der Waals surface area contributed by atoms with Crippen LogP contribution in [0.4, 0.5) is 0 Å². The van der Waals surface area contributed by atoms with E-state index >= 15 is 0 Å². The summed E-state index contributed by atoms with van der Waals surface area (Å²) in [4.78, 5) is 2.75. The molecular weight excluding hydrogens is 206 g/mol. The van der Waals surface area contributed by atoms with Crippen LogP contribution < -0.4 is 0 Å². The van der Waals surface area contributed by atoms with Gasteiger partial charge in [-0.25, -0.2) is 0 Å². The van der Waals surface area contributed by atoms with E-state index in [2.05, 4.69) is 29.2 Å². The first kappa shape index (κ1) is 10.1. The van der Waals surface area contributed by atoms with Gasteiger partial charge in [0.05, 0.1) is 0 Å². The van der Waals surface area contributed by atoms with Gasteiger partial charge in [-0.05, 0) is 42.2 Å². The SMILES string of the molecule is c1ccc2c(c1)CN([C@@H]1C[C@@H]3CC[C@@H](C3)C1)C2. The summed E-state index contributed by atoms with van der Waals surface area (Å²) in [6.45, 7) is 2.42. The average molecular weight is 227 g/mol. The van der Waals surface area contributed by atoms with Crippen LogP contribution in [0.2, 0.25) is 0 Å². The van der Waals surface area contributed by atoms with Gasteiger partial charge in [-0.15, -0.1) is 0 Å². The van der Waals surface area contributed by atoms with Crippen LogP contribution in [0.15, 0.2) is 24.3 Å². The molecule has 0 unspecified atom stereocenters. The van der Waals surface area contributed by atoms with Crippen LogP contribution in [0, 0.1) is 11.8 Å². The lowest BCUT2D eigenvalue weighted by atomic mass is 9.85. The predicted octanol–water partition coefficient (Wildman–Crippen LogP) is 3.58. The molecule has 1 heterocycles. The number of fused-ring (bicyclic) bond motifs is 3. The maximum atomic E-state index is 2.75. The first-order chi connectivity index (χ1) is 8.38. The highest BCUT2D eigenvalue weighted by atomic mass is 15.2. The van der Waals surface area contributed by atoms with E-state index in [1.807, 2.05) is 0 Å². The maximum absolute atomic E-state index is 2.75. The summed E-state index contributed by atoms with van der Waals surface area (Å²) in [5.74, 6) is 2.12. The van der Waals surface area contributed by atoms with Gasteiger partial charge in [0, 0.05) is 19.1 Å². The Balaban J connectivity index is 1.51. The Morgan fingerprint density at radius 1 is 0.824 bits per heavy atom. The molecule has 2 aliphatic carbocycles. The van der Waals surface area contributed by atoms with Crippen LogP contribution in [-0.2, 0) is 13.1 Å². The van der Waals surface area contributed by atoms with Crippen LogP contribution in [0.1, 0.15) is 43.2 Å². The quantitative estimate of drug-likeness (QED) is 0.709. The fourth-order valence-corrected chi connectivity index (χ4v) is 4.39. The van der Waals surface area contributed by atoms with Gasteiger partial charge in [-0.1, -0.05) is 37.1 Å². The lowest BCUT2D eigenvalue weighted by molar-refractivity contribution is 0.124. The van der Waals surface area contributed by atoms with Crippen molar-refractivity contribution in [2.75, 3.05) is 0 Å². The molecule has 3 atom stereocenters. The summed E-state index contributed by atoms with van der Waals surface area (Å²) >= 11 is 0. The highest BCUT2D eigenvalue weighted by Gasteiger charge is 2.37. The highest BCUT2D eigenvalue weighted by Crippen LogP contribution is 2.44. The number of nitrogens with zero attached hydrogens (tertiary/aromatic N) is 1. The average Bonchev–Trinajstić information content (AvgIpc) is 2.92. The molecule has 1 nitrogen and oxygen atoms in total. The molecule has 0 N–H and O–H groups in total. The summed E-state index contributed by atoms with van der Waals surface area (Å²) in [7, 11) is 0. The number of rotatable bonds is 1. The van der Waals surface area contributed by atoms with E-state index in [0.29, 0.717) is 0 Å². The third-order valence-electron chi connectivity index (χ3n) is 5.24. The van der Waals surface area contributed by atoms with Crippen LogP contribution in [-0.4, -0.2) is 10.9 Å². The van der Waals surface area contributed by atoms with Crippen molar-refractivity contribution in [3.8, 4) is 0 Å². The molecule has 0 amide bonds. The lowest BCUT2D eigenvalue weighted by Gasteiger charge is -2.34. The minimum absolute atomic E-state index is 0.883. The topological polar surface area (TPSA) is 3.24 Å². The van der Waals surface area contributed by atoms with Crippen LogP contribution in [0.5, 0.6) is 0 Å². The summed E-state index contributed by atoms with van der Waals surface area (Å²) in [6, 6.07) is 9.88. The van der Waals surface area contributed by atoms with E-state index in [-0.39, 0.29) is 0 Å². The largest absolute Gasteiger partial charge is 0.292 e. The second-order valence-corrected chi connectivity index (χ2v) is 6.34. The monoisotopic (exact) mass is 227 g/mol. The molecule has 0 radical (unpaired) electrons. The first-order valence-electron chi connectivity index (χ1n) is 7.19. The van der Waals surface area contributed by atoms with Gasteiger partial charge >= 0.3 is 0 Å². The summed E-state index contributed by atoms with van der Waals surface area (Å²) in [5, 5.41) is 0. The molecule has 4 rings (SSSR count). The Morgan fingerprint density at radius 2 is 1.41 bits per heavy atom. The van der Waals surface area contributed by atoms with Crippen molar-refractivity contribution in [2.24, 2.45) is 11.8 Å². The van der Waals surface area contributed by atoms with Gasteiger partial charge < -0.3 is 0 Å². The maximum Gasteiger partial charge on any atom is 0.0243 e. The second kappa shape index (κ2) is 3.84. The molecular formula is C16H21N. The Hall–Kier alpha value is -0.820. The third kappa shape index (κ3) is 1.72. The minimum atomic E-state index is 0.883. The summed E-state index contributed by atoms with van der Waals surface area (Å²) in [5.41, 5.74) is 3.15. The van der Waals surface area contributed by atoms with E-state index in [1.165, 1.54) is 45.2 Å². The van der Waals surface area contributed by atoms with Gasteiger partial charge in [-0.2, -0.15) is 0 Å². The second-order valence-electron chi connectivity index (χ2n) is 6.34. The zero-order chi connectivity index (χ0) is 11.2. The molecule has 0 spiro atoms. The van der Waals surface area contributed by atoms with Crippen LogP contribution in [0.3, 0.4) is 0 Å². The van der Waals surface area contributed by atoms with E-state index in [0.717, 1.165) is 17.9 Å². The number of hydrogen-bond acceptors (Lipinski definition) is 1. The van der Waals surface area contributed by atoms with Gasteiger partial charge in [0.25, 0.3) is 0 Å². The standard InChI is InChI=1S/C16H21N/c1-2-4-15-11-17(10-14(15)3-1)16-8-12-5-6-13(7-12)9-16/h1-4,12-13,16H,5-11H2/t12-,13+,16-. The summed E-state index contributed by atoms with van der Waals surface area (Å²) < 4.78 is 0. The smallest absolute Gasteiger partial charge is 0.0243 e. The normalized spacial score (nSPS) is 36.1. The molecule has 90 valence electrons. The number of hydrogen-bond donors (Lipinski definition) is 0. The Morgan fingerprint density at radius 3 is 2.00 bits per heavy atom. The zero-order valence-corrected chi connectivity index (χ0v) is 10.4. The predicted molar refractivity (Wildman–Crippen MR) is 69.5 cm³/mol. The van der Waals surface area contributed by atoms with Crippen molar-refractivity contribution >= 4 is 0 Å². The van der Waals surface area contributed by atoms with Crippen LogP contribution >= 0.6 is 0 Å². The molecule has 2 bridgehead atoms.